The lowest BCUT2D eigenvalue weighted by Gasteiger charge is -2.25. The number of sulfonamides is 1. The first-order valence-corrected chi connectivity index (χ1v) is 18.3. The Morgan fingerprint density at radius 3 is 2.53 bits per heavy atom. The number of ether oxygens (including phenoxy) is 2. The van der Waals surface area contributed by atoms with Crippen molar-refractivity contribution in [2.24, 2.45) is 16.8 Å². The molecule has 4 aliphatic rings. The number of benzene rings is 2. The van der Waals surface area contributed by atoms with Gasteiger partial charge in [-0.15, -0.1) is 0 Å². The van der Waals surface area contributed by atoms with Gasteiger partial charge >= 0.3 is 0 Å². The largest absolute Gasteiger partial charge is 0.374 e. The Labute approximate surface area is 277 Å². The summed E-state index contributed by atoms with van der Waals surface area (Å²) in [6.07, 6.45) is 8.06. The summed E-state index contributed by atoms with van der Waals surface area (Å²) >= 11 is 0. The standard InChI is InChI=1S/C36H44N4O6S/c1-5-6-11-33-37-36(18-26-17-27(26)19-36)35(41)39(33)20-25-12-15-30(28(16-25)21-45-29-13-14-29)31-9-7-8-10-32(31)47(42,43)40(22-44-4)34-23(2)24(3)46-38-34/h7-10,12,15-16,26-27,29H,5-6,11,13-14,17-22H2,1-4H3. The van der Waals surface area contributed by atoms with E-state index in [9.17, 15) is 13.2 Å². The molecule has 10 nitrogen and oxygen atoms in total. The van der Waals surface area contributed by atoms with Gasteiger partial charge < -0.3 is 14.0 Å². The highest BCUT2D eigenvalue weighted by molar-refractivity contribution is 7.93. The van der Waals surface area contributed by atoms with Crippen molar-refractivity contribution < 1.29 is 27.2 Å². The van der Waals surface area contributed by atoms with Gasteiger partial charge in [-0.25, -0.2) is 12.7 Å². The molecule has 1 aliphatic heterocycles. The van der Waals surface area contributed by atoms with Crippen LogP contribution in [-0.2, 0) is 37.4 Å². The number of amides is 1. The number of nitrogens with zero attached hydrogens (tertiary/aromatic N) is 4. The number of unbranched alkanes of at least 4 members (excludes halogenated alkanes) is 1. The molecule has 1 amide bonds. The molecule has 3 fully saturated rings. The molecule has 7 rings (SSSR count). The smallest absolute Gasteiger partial charge is 0.268 e. The zero-order chi connectivity index (χ0) is 32.9. The first-order chi connectivity index (χ1) is 22.6. The normalized spacial score (nSPS) is 23.4. The van der Waals surface area contributed by atoms with Crippen molar-refractivity contribution in [3.63, 3.8) is 0 Å². The predicted molar refractivity (Wildman–Crippen MR) is 178 cm³/mol. The Balaban J connectivity index is 1.24. The number of aliphatic imine (C=N–C) groups is 1. The maximum Gasteiger partial charge on any atom is 0.268 e. The number of amidine groups is 1. The molecule has 0 bridgehead atoms. The number of hydrogen-bond donors (Lipinski definition) is 0. The van der Waals surface area contributed by atoms with E-state index in [1.165, 1.54) is 13.5 Å². The molecule has 250 valence electrons. The Morgan fingerprint density at radius 1 is 1.09 bits per heavy atom. The topological polar surface area (TPSA) is 115 Å². The molecular weight excluding hydrogens is 616 g/mol. The number of anilines is 1. The van der Waals surface area contributed by atoms with Gasteiger partial charge in [0, 0.05) is 24.7 Å². The molecule has 0 radical (unpaired) electrons. The minimum atomic E-state index is -4.13. The second kappa shape index (κ2) is 12.5. The van der Waals surface area contributed by atoms with Gasteiger partial charge in [0.2, 0.25) is 0 Å². The predicted octanol–water partition coefficient (Wildman–Crippen LogP) is 6.54. The molecule has 2 atom stereocenters. The van der Waals surface area contributed by atoms with Crippen LogP contribution >= 0.6 is 0 Å². The number of methoxy groups -OCH3 is 1. The van der Waals surface area contributed by atoms with Gasteiger partial charge in [-0.1, -0.05) is 54.9 Å². The van der Waals surface area contributed by atoms with Crippen LogP contribution in [0.4, 0.5) is 5.82 Å². The maximum atomic E-state index is 14.3. The van der Waals surface area contributed by atoms with Crippen molar-refractivity contribution >= 4 is 27.6 Å². The quantitative estimate of drug-likeness (QED) is 0.181. The van der Waals surface area contributed by atoms with Crippen molar-refractivity contribution in [1.82, 2.24) is 10.1 Å². The van der Waals surface area contributed by atoms with E-state index in [2.05, 4.69) is 18.1 Å². The molecule has 3 aliphatic carbocycles. The lowest BCUT2D eigenvalue weighted by molar-refractivity contribution is -0.131. The second-order valence-electron chi connectivity index (χ2n) is 13.7. The number of aryl methyl sites for hydroxylation is 1. The van der Waals surface area contributed by atoms with Crippen LogP contribution < -0.4 is 4.31 Å². The van der Waals surface area contributed by atoms with Crippen LogP contribution in [-0.4, -0.2) is 55.7 Å². The lowest BCUT2D eigenvalue weighted by atomic mass is 9.93. The highest BCUT2D eigenvalue weighted by atomic mass is 32.2. The molecule has 3 aromatic rings. The molecule has 3 saturated carbocycles. The Morgan fingerprint density at radius 2 is 1.85 bits per heavy atom. The van der Waals surface area contributed by atoms with Gasteiger partial charge in [0.25, 0.3) is 15.9 Å². The fourth-order valence-corrected chi connectivity index (χ4v) is 8.81. The number of fused-ring (bicyclic) bond motifs is 1. The van der Waals surface area contributed by atoms with E-state index in [0.29, 0.717) is 41.9 Å². The van der Waals surface area contributed by atoms with Crippen molar-refractivity contribution in [2.45, 2.75) is 102 Å². The Bertz CT molecular complexity index is 1800. The zero-order valence-corrected chi connectivity index (χ0v) is 28.5. The van der Waals surface area contributed by atoms with Crippen LogP contribution in [0.15, 0.2) is 56.9 Å². The number of hydrogen-bond acceptors (Lipinski definition) is 8. The van der Waals surface area contributed by atoms with Gasteiger partial charge in [0.05, 0.1) is 24.2 Å². The summed E-state index contributed by atoms with van der Waals surface area (Å²) in [6, 6.07) is 13.0. The van der Waals surface area contributed by atoms with Crippen LogP contribution in [0.1, 0.15) is 80.7 Å². The van der Waals surface area contributed by atoms with E-state index >= 15 is 0 Å². The van der Waals surface area contributed by atoms with Crippen LogP contribution in [0.3, 0.4) is 0 Å². The molecule has 1 aromatic heterocycles. The molecular formula is C36H44N4O6S. The van der Waals surface area contributed by atoms with Gasteiger partial charge in [0.15, 0.2) is 5.82 Å². The van der Waals surface area contributed by atoms with Crippen molar-refractivity contribution in [3.8, 4) is 11.1 Å². The maximum absolute atomic E-state index is 14.3. The first-order valence-electron chi connectivity index (χ1n) is 16.8. The van der Waals surface area contributed by atoms with Gasteiger partial charge in [-0.05, 0) is 87.0 Å². The number of carbonyl (C=O) groups is 1. The molecule has 0 saturated heterocycles. The van der Waals surface area contributed by atoms with Gasteiger partial charge in [0.1, 0.15) is 23.9 Å². The summed E-state index contributed by atoms with van der Waals surface area (Å²) in [5, 5.41) is 4.06. The molecule has 2 aromatic carbocycles. The molecule has 2 unspecified atom stereocenters. The minimum Gasteiger partial charge on any atom is -0.374 e. The van der Waals surface area contributed by atoms with E-state index in [0.717, 1.165) is 71.8 Å². The fraction of sp³-hybridized carbons (Fsp3) is 0.528. The monoisotopic (exact) mass is 660 g/mol. The third kappa shape index (κ3) is 6.02. The summed E-state index contributed by atoms with van der Waals surface area (Å²) in [4.78, 5) is 21.2. The van der Waals surface area contributed by atoms with Crippen molar-refractivity contribution in [3.05, 3.63) is 64.9 Å². The third-order valence-corrected chi connectivity index (χ3v) is 12.0. The van der Waals surface area contributed by atoms with E-state index in [-0.39, 0.29) is 29.5 Å². The summed E-state index contributed by atoms with van der Waals surface area (Å²) in [7, 11) is -2.68. The van der Waals surface area contributed by atoms with Crippen LogP contribution in [0, 0.1) is 25.7 Å². The molecule has 0 N–H and O–H groups in total. The molecule has 1 spiro atoms. The Kier molecular flexibility index (Phi) is 8.51. The summed E-state index contributed by atoms with van der Waals surface area (Å²) in [6.45, 7) is 6.22. The summed E-state index contributed by atoms with van der Waals surface area (Å²) in [5.74, 6) is 3.08. The van der Waals surface area contributed by atoms with E-state index in [1.54, 1.807) is 26.0 Å². The molecule has 2 heterocycles. The first kappa shape index (κ1) is 32.0. The number of aromatic nitrogens is 1. The molecule has 11 heteroatoms. The van der Waals surface area contributed by atoms with E-state index in [1.807, 2.05) is 29.2 Å². The zero-order valence-electron chi connectivity index (χ0n) is 27.7. The number of rotatable bonds is 14. The van der Waals surface area contributed by atoms with Crippen LogP contribution in [0.25, 0.3) is 11.1 Å². The highest BCUT2D eigenvalue weighted by Crippen LogP contribution is 2.59. The van der Waals surface area contributed by atoms with Gasteiger partial charge in [-0.2, -0.15) is 0 Å². The average molecular weight is 661 g/mol. The summed E-state index contributed by atoms with van der Waals surface area (Å²) < 4.78 is 46.7. The number of carbonyl (C=O) groups excluding carboxylic acids is 1. The van der Waals surface area contributed by atoms with Crippen molar-refractivity contribution in [2.75, 3.05) is 18.1 Å². The molecule has 47 heavy (non-hydrogen) atoms. The highest BCUT2D eigenvalue weighted by Gasteiger charge is 2.61. The van der Waals surface area contributed by atoms with Gasteiger partial charge in [-0.3, -0.25) is 14.7 Å². The minimum absolute atomic E-state index is 0.128. The third-order valence-electron chi connectivity index (χ3n) is 10.2. The fourth-order valence-electron chi connectivity index (χ4n) is 7.23. The second-order valence-corrected chi connectivity index (χ2v) is 15.5. The lowest BCUT2D eigenvalue weighted by Crippen LogP contribution is -2.41. The Hall–Kier alpha value is -3.54. The van der Waals surface area contributed by atoms with E-state index in [4.69, 9.17) is 19.0 Å². The van der Waals surface area contributed by atoms with Crippen LogP contribution in [0.2, 0.25) is 0 Å². The summed E-state index contributed by atoms with van der Waals surface area (Å²) in [5.41, 5.74) is 3.21. The average Bonchev–Trinajstić information content (AvgIpc) is 3.96. The van der Waals surface area contributed by atoms with Crippen LogP contribution in [0.5, 0.6) is 0 Å². The SMILES string of the molecule is CCCCC1=NC2(CC3CC3C2)C(=O)N1Cc1ccc(-c2ccccc2S(=O)(=O)N(COC)c2noc(C)c2C)c(COC2CC2)c1. The van der Waals surface area contributed by atoms with Crippen molar-refractivity contribution in [1.29, 1.82) is 0 Å². The van der Waals surface area contributed by atoms with E-state index < -0.39 is 15.6 Å².